The lowest BCUT2D eigenvalue weighted by Gasteiger charge is -2.40. The summed E-state index contributed by atoms with van der Waals surface area (Å²) in [6.45, 7) is 8.24. The van der Waals surface area contributed by atoms with Gasteiger partial charge in [0.05, 0.1) is 27.0 Å². The molecule has 0 spiro atoms. The van der Waals surface area contributed by atoms with E-state index in [-0.39, 0.29) is 50.4 Å². The van der Waals surface area contributed by atoms with Crippen molar-refractivity contribution in [1.29, 1.82) is 0 Å². The molecule has 2 fully saturated rings. The number of aryl methyl sites for hydroxylation is 1. The number of rotatable bonds is 6. The molecule has 1 atom stereocenters. The van der Waals surface area contributed by atoms with Gasteiger partial charge in [0.1, 0.15) is 11.6 Å². The third-order valence-corrected chi connectivity index (χ3v) is 10.9. The van der Waals surface area contributed by atoms with Crippen LogP contribution in [0.4, 0.5) is 10.2 Å². The van der Waals surface area contributed by atoms with Crippen LogP contribution < -0.4 is 10.6 Å². The van der Waals surface area contributed by atoms with Crippen LogP contribution in [0.25, 0.3) is 28.0 Å². The summed E-state index contributed by atoms with van der Waals surface area (Å²) in [4.78, 5) is 43.4. The quantitative estimate of drug-likeness (QED) is 0.284. The number of anilines is 1. The van der Waals surface area contributed by atoms with E-state index in [9.17, 15) is 18.0 Å². The van der Waals surface area contributed by atoms with Crippen LogP contribution >= 0.6 is 11.6 Å². The number of halogens is 2. The molecule has 1 saturated carbocycles. The maximum atomic E-state index is 15.0. The van der Waals surface area contributed by atoms with Gasteiger partial charge in [0.15, 0.2) is 10.7 Å². The summed E-state index contributed by atoms with van der Waals surface area (Å²) < 4.78 is 43.6. The molecule has 10 nitrogen and oxygen atoms in total. The maximum absolute atomic E-state index is 15.0. The molecule has 1 amide bonds. The summed E-state index contributed by atoms with van der Waals surface area (Å²) in [6, 6.07) is 8.93. The Bertz CT molecular complexity index is 2000. The molecule has 1 aliphatic carbocycles. The highest BCUT2D eigenvalue weighted by atomic mass is 35.5. The summed E-state index contributed by atoms with van der Waals surface area (Å²) in [5, 5.41) is -0.347. The van der Waals surface area contributed by atoms with Crippen molar-refractivity contribution in [2.24, 2.45) is 0 Å². The van der Waals surface area contributed by atoms with Gasteiger partial charge in [-0.05, 0) is 62.6 Å². The Balaban J connectivity index is 1.64. The van der Waals surface area contributed by atoms with Crippen LogP contribution in [0, 0.1) is 12.7 Å². The lowest BCUT2D eigenvalue weighted by atomic mass is 10.00. The van der Waals surface area contributed by atoms with Crippen molar-refractivity contribution in [3.05, 3.63) is 82.1 Å². The Kier molecular flexibility index (Phi) is 7.75. The van der Waals surface area contributed by atoms with E-state index in [1.807, 2.05) is 11.8 Å². The Hall–Kier alpha value is -4.16. The predicted octanol–water partition coefficient (Wildman–Crippen LogP) is 4.49. The van der Waals surface area contributed by atoms with E-state index in [1.54, 1.807) is 36.1 Å². The van der Waals surface area contributed by atoms with E-state index < -0.39 is 26.6 Å². The number of benzene rings is 1. The van der Waals surface area contributed by atoms with Crippen molar-refractivity contribution in [3.8, 4) is 16.9 Å². The second-order valence-electron chi connectivity index (χ2n) is 11.1. The second kappa shape index (κ2) is 11.4. The van der Waals surface area contributed by atoms with Gasteiger partial charge in [-0.25, -0.2) is 32.1 Å². The van der Waals surface area contributed by atoms with Crippen molar-refractivity contribution in [3.63, 3.8) is 0 Å². The molecule has 0 N–H and O–H groups in total. The Morgan fingerprint density at radius 1 is 1.16 bits per heavy atom. The molecular weight excluding hydrogens is 607 g/mol. The first kappa shape index (κ1) is 29.9. The maximum Gasteiger partial charge on any atom is 0.355 e. The smallest absolute Gasteiger partial charge is 0.350 e. The van der Waals surface area contributed by atoms with Crippen LogP contribution in [0.2, 0.25) is 5.02 Å². The molecule has 4 aromatic rings. The van der Waals surface area contributed by atoms with Crippen LogP contribution in [0.1, 0.15) is 31.7 Å². The van der Waals surface area contributed by atoms with Crippen molar-refractivity contribution in [2.75, 3.05) is 24.5 Å². The lowest BCUT2D eigenvalue weighted by molar-refractivity contribution is -0.126. The van der Waals surface area contributed by atoms with Crippen molar-refractivity contribution < 1.29 is 17.6 Å². The van der Waals surface area contributed by atoms with Gasteiger partial charge in [-0.15, -0.1) is 0 Å². The van der Waals surface area contributed by atoms with E-state index in [0.717, 1.165) is 11.0 Å². The summed E-state index contributed by atoms with van der Waals surface area (Å²) in [5.41, 5.74) is 0.0106. The van der Waals surface area contributed by atoms with E-state index >= 15 is 4.39 Å². The predicted molar refractivity (Wildman–Crippen MR) is 166 cm³/mol. The fourth-order valence-electron chi connectivity index (χ4n) is 5.81. The number of carbonyl (C=O) groups is 1. The molecule has 1 aromatic carbocycles. The van der Waals surface area contributed by atoms with Crippen molar-refractivity contribution >= 4 is 44.2 Å². The van der Waals surface area contributed by atoms with Gasteiger partial charge in [-0.2, -0.15) is 4.98 Å². The van der Waals surface area contributed by atoms with E-state index in [4.69, 9.17) is 16.6 Å². The fourth-order valence-corrected chi connectivity index (χ4v) is 8.07. The minimum atomic E-state index is -3.89. The number of carbonyl (C=O) groups excluding carboxylic acids is 1. The normalized spacial score (nSPS) is 17.5. The van der Waals surface area contributed by atoms with Gasteiger partial charge in [0.25, 0.3) is 0 Å². The topological polar surface area (TPSA) is 118 Å². The molecule has 44 heavy (non-hydrogen) atoms. The monoisotopic (exact) mass is 636 g/mol. The third-order valence-electron chi connectivity index (χ3n) is 8.39. The summed E-state index contributed by atoms with van der Waals surface area (Å²) in [5.74, 6) is -0.484. The Labute approximate surface area is 258 Å². The van der Waals surface area contributed by atoms with Crippen LogP contribution in [0.15, 0.2) is 65.1 Å². The molecule has 0 bridgehead atoms. The number of fused-ring (bicyclic) bond motifs is 1. The van der Waals surface area contributed by atoms with Crippen LogP contribution in [0.3, 0.4) is 0 Å². The number of hydrogen-bond donors (Lipinski definition) is 0. The van der Waals surface area contributed by atoms with E-state index in [1.165, 1.54) is 24.4 Å². The summed E-state index contributed by atoms with van der Waals surface area (Å²) >= 11 is 6.75. The van der Waals surface area contributed by atoms with Gasteiger partial charge in [0, 0.05) is 37.4 Å². The Morgan fingerprint density at radius 2 is 1.91 bits per heavy atom. The zero-order valence-electron chi connectivity index (χ0n) is 24.2. The Morgan fingerprint density at radius 3 is 2.57 bits per heavy atom. The molecule has 1 saturated heterocycles. The van der Waals surface area contributed by atoms with Crippen LogP contribution in [0.5, 0.6) is 0 Å². The van der Waals surface area contributed by atoms with Gasteiger partial charge < -0.3 is 9.80 Å². The van der Waals surface area contributed by atoms with Crippen molar-refractivity contribution in [1.82, 2.24) is 24.4 Å². The van der Waals surface area contributed by atoms with Crippen molar-refractivity contribution in [2.45, 2.75) is 49.4 Å². The molecule has 3 aromatic heterocycles. The number of nitrogens with zero attached hydrogens (tertiary/aromatic N) is 6. The van der Waals surface area contributed by atoms with Crippen LogP contribution in [-0.2, 0) is 14.6 Å². The number of sulfone groups is 1. The third kappa shape index (κ3) is 4.95. The van der Waals surface area contributed by atoms with E-state index in [0.29, 0.717) is 43.4 Å². The average Bonchev–Trinajstić information content (AvgIpc) is 2.96. The summed E-state index contributed by atoms with van der Waals surface area (Å²) in [6.07, 6.45) is 4.47. The van der Waals surface area contributed by atoms with Gasteiger partial charge >= 0.3 is 5.69 Å². The number of piperazine rings is 1. The SMILES string of the molecule is C=CC(=O)N1CCN(c2nc(=O)n(-c3c(C)ccnc3S(=O)(=O)C3CCC3)c3nc(-c4ccccc4F)c(Cl)cc23)[C@@H](C)C1. The first-order valence-electron chi connectivity index (χ1n) is 14.3. The number of pyridine rings is 2. The summed E-state index contributed by atoms with van der Waals surface area (Å²) in [7, 11) is -3.89. The number of amides is 1. The zero-order valence-corrected chi connectivity index (χ0v) is 25.8. The lowest BCUT2D eigenvalue weighted by Crippen LogP contribution is -2.54. The van der Waals surface area contributed by atoms with Crippen LogP contribution in [-0.4, -0.2) is 69.7 Å². The first-order valence-corrected chi connectivity index (χ1v) is 16.2. The molecule has 2 aliphatic rings. The highest BCUT2D eigenvalue weighted by molar-refractivity contribution is 7.92. The molecule has 0 unspecified atom stereocenters. The molecule has 1 aliphatic heterocycles. The molecular formula is C31H30ClFN6O4S. The highest BCUT2D eigenvalue weighted by Crippen LogP contribution is 2.38. The molecule has 6 rings (SSSR count). The number of aromatic nitrogens is 4. The largest absolute Gasteiger partial charge is 0.355 e. The molecule has 0 radical (unpaired) electrons. The minimum absolute atomic E-state index is 0.0530. The van der Waals surface area contributed by atoms with Gasteiger partial charge in [0.2, 0.25) is 15.7 Å². The minimum Gasteiger partial charge on any atom is -0.350 e. The zero-order chi connectivity index (χ0) is 31.3. The standard InChI is InChI=1S/C31H30ClFN6O4S/c1-4-25(40)37-14-15-38(19(3)17-37)28-22-16-23(32)26(21-10-5-6-11-24(21)33)35-29(22)39(31(41)36-28)27-18(2)12-13-34-30(27)44(42,43)20-8-7-9-20/h4-6,10-13,16,19-20H,1,7-9,14-15,17H2,2-3H3/t19-/m0/s1. The number of hydrogen-bond acceptors (Lipinski definition) is 8. The molecule has 13 heteroatoms. The van der Waals surface area contributed by atoms with Gasteiger partial charge in [-0.3, -0.25) is 4.79 Å². The first-order chi connectivity index (χ1) is 21.0. The molecule has 4 heterocycles. The fraction of sp³-hybridized carbons (Fsp3) is 0.323. The highest BCUT2D eigenvalue weighted by Gasteiger charge is 2.37. The second-order valence-corrected chi connectivity index (χ2v) is 13.7. The van der Waals surface area contributed by atoms with Gasteiger partial charge in [-0.1, -0.05) is 36.7 Å². The average molecular weight is 637 g/mol. The van der Waals surface area contributed by atoms with E-state index in [2.05, 4.69) is 16.5 Å². The molecule has 228 valence electrons.